The third-order valence-electron chi connectivity index (χ3n) is 1.79. The average Bonchev–Trinajstić information content (AvgIpc) is 2.46. The first-order valence-corrected chi connectivity index (χ1v) is 4.11. The van der Waals surface area contributed by atoms with Crippen molar-refractivity contribution in [3.05, 3.63) is 35.0 Å². The van der Waals surface area contributed by atoms with E-state index in [-0.39, 0.29) is 10.8 Å². The number of hydrogen-bond acceptors (Lipinski definition) is 1. The maximum atomic E-state index is 12.2. The van der Waals surface area contributed by atoms with Crippen molar-refractivity contribution < 1.29 is 17.6 Å². The summed E-state index contributed by atoms with van der Waals surface area (Å²) < 4.78 is 41.3. The minimum Gasteiger partial charge on any atom is -0.450 e. The minimum absolute atomic E-state index is 0.0708. The third-order valence-corrected chi connectivity index (χ3v) is 2.09. The van der Waals surface area contributed by atoms with E-state index in [0.717, 1.165) is 6.07 Å². The molecular weight excluding hydrogens is 217 g/mol. The molecule has 1 nitrogen and oxygen atoms in total. The fraction of sp³-hybridized carbons (Fsp3) is 0.111. The van der Waals surface area contributed by atoms with E-state index in [9.17, 15) is 13.2 Å². The molecule has 1 heterocycles. The van der Waals surface area contributed by atoms with Gasteiger partial charge in [-0.2, -0.15) is 13.2 Å². The van der Waals surface area contributed by atoms with Crippen LogP contribution in [0.2, 0.25) is 5.02 Å². The summed E-state index contributed by atoms with van der Waals surface area (Å²) in [4.78, 5) is 0. The molecule has 74 valence electrons. The Labute approximate surface area is 82.4 Å². The van der Waals surface area contributed by atoms with Crippen LogP contribution in [0.4, 0.5) is 13.2 Å². The fourth-order valence-corrected chi connectivity index (χ4v) is 1.36. The van der Waals surface area contributed by atoms with E-state index in [1.807, 2.05) is 0 Å². The Bertz CT molecular complexity index is 432. The first-order chi connectivity index (χ1) is 6.48. The van der Waals surface area contributed by atoms with Crippen molar-refractivity contribution in [2.75, 3.05) is 0 Å². The largest absolute Gasteiger partial charge is 0.450 e. The van der Waals surface area contributed by atoms with Gasteiger partial charge in [-0.3, -0.25) is 0 Å². The van der Waals surface area contributed by atoms with Gasteiger partial charge in [0.05, 0.1) is 5.02 Å². The second-order valence-corrected chi connectivity index (χ2v) is 3.17. The normalized spacial score (nSPS) is 12.3. The number of rotatable bonds is 0. The van der Waals surface area contributed by atoms with Crippen molar-refractivity contribution in [3.8, 4) is 11.3 Å². The lowest BCUT2D eigenvalue weighted by Crippen LogP contribution is -2.04. The Morgan fingerprint density at radius 1 is 1.07 bits per heavy atom. The van der Waals surface area contributed by atoms with Gasteiger partial charge in [-0.05, 0) is 24.3 Å². The van der Waals surface area contributed by atoms with E-state index in [0.29, 0.717) is 5.56 Å². The average molecular weight is 221 g/mol. The zero-order chi connectivity index (χ0) is 10.3. The van der Waals surface area contributed by atoms with Crippen molar-refractivity contribution >= 4 is 11.6 Å². The molecule has 5 heteroatoms. The first kappa shape index (κ1) is 9.40. The summed E-state index contributed by atoms with van der Waals surface area (Å²) >= 11 is 5.63. The molecule has 1 aliphatic carbocycles. The molecule has 0 unspecified atom stereocenters. The van der Waals surface area contributed by atoms with E-state index in [1.54, 1.807) is 6.07 Å². The Hall–Kier alpha value is -1.16. The summed E-state index contributed by atoms with van der Waals surface area (Å²) in [6.07, 6.45) is -4.48. The van der Waals surface area contributed by atoms with Crippen molar-refractivity contribution in [2.24, 2.45) is 0 Å². The van der Waals surface area contributed by atoms with Crippen molar-refractivity contribution in [1.82, 2.24) is 0 Å². The molecule has 0 radical (unpaired) electrons. The fourth-order valence-electron chi connectivity index (χ4n) is 1.15. The molecular formula is C9H4ClF3O. The topological polar surface area (TPSA) is 13.1 Å². The minimum atomic E-state index is -4.48. The van der Waals surface area contributed by atoms with Gasteiger partial charge in [-0.15, -0.1) is 0 Å². The van der Waals surface area contributed by atoms with Crippen LogP contribution in [0.15, 0.2) is 28.7 Å². The highest BCUT2D eigenvalue weighted by Crippen LogP contribution is 2.37. The molecule has 0 saturated heterocycles. The van der Waals surface area contributed by atoms with E-state index < -0.39 is 11.9 Å². The molecule has 1 aliphatic heterocycles. The zero-order valence-corrected chi connectivity index (χ0v) is 7.49. The smallest absolute Gasteiger partial charge is 0.449 e. The van der Waals surface area contributed by atoms with E-state index in [2.05, 4.69) is 4.42 Å². The molecule has 0 aromatic carbocycles. The molecule has 0 amide bonds. The highest BCUT2D eigenvalue weighted by atomic mass is 35.5. The third kappa shape index (κ3) is 1.46. The summed E-state index contributed by atoms with van der Waals surface area (Å²) in [6.45, 7) is 0. The molecule has 2 rings (SSSR count). The quantitative estimate of drug-likeness (QED) is 0.653. The van der Waals surface area contributed by atoms with Crippen LogP contribution in [0.3, 0.4) is 0 Å². The Kier molecular flexibility index (Phi) is 1.96. The molecule has 0 N–H and O–H groups in total. The van der Waals surface area contributed by atoms with Crippen LogP contribution in [-0.4, -0.2) is 0 Å². The molecule has 2 aliphatic rings. The van der Waals surface area contributed by atoms with Crippen molar-refractivity contribution in [2.45, 2.75) is 6.18 Å². The number of hydrogen-bond donors (Lipinski definition) is 0. The van der Waals surface area contributed by atoms with Gasteiger partial charge in [0.15, 0.2) is 5.76 Å². The number of alkyl halides is 3. The van der Waals surface area contributed by atoms with Gasteiger partial charge in [0.1, 0.15) is 0 Å². The molecule has 0 saturated carbocycles. The van der Waals surface area contributed by atoms with Crippen molar-refractivity contribution in [3.63, 3.8) is 0 Å². The summed E-state index contributed by atoms with van der Waals surface area (Å²) in [5.74, 6) is -0.973. The molecule has 0 aromatic heterocycles. The van der Waals surface area contributed by atoms with Crippen LogP contribution < -0.4 is 0 Å². The SMILES string of the molecule is FC(F)(F)c1ccc2ccc(Cl)c-2o1. The lowest BCUT2D eigenvalue weighted by Gasteiger charge is -2.07. The maximum absolute atomic E-state index is 12.2. The van der Waals surface area contributed by atoms with Crippen LogP contribution in [0.5, 0.6) is 0 Å². The second-order valence-electron chi connectivity index (χ2n) is 2.76. The van der Waals surface area contributed by atoms with E-state index in [4.69, 9.17) is 11.6 Å². The van der Waals surface area contributed by atoms with Gasteiger partial charge < -0.3 is 4.42 Å². The summed E-state index contributed by atoms with van der Waals surface area (Å²) in [5, 5.41) is 0.186. The van der Waals surface area contributed by atoms with Gasteiger partial charge in [0.25, 0.3) is 0 Å². The second kappa shape index (κ2) is 2.92. The Morgan fingerprint density at radius 2 is 1.71 bits per heavy atom. The summed E-state index contributed by atoms with van der Waals surface area (Å²) in [5.41, 5.74) is 0.558. The highest BCUT2D eigenvalue weighted by molar-refractivity contribution is 6.33. The Morgan fingerprint density at radius 3 is 2.36 bits per heavy atom. The van der Waals surface area contributed by atoms with Gasteiger partial charge in [0, 0.05) is 5.56 Å². The molecule has 0 spiro atoms. The summed E-state index contributed by atoms with van der Waals surface area (Å²) in [6, 6.07) is 5.31. The predicted molar refractivity (Wildman–Crippen MR) is 45.3 cm³/mol. The zero-order valence-electron chi connectivity index (χ0n) is 6.73. The Balaban J connectivity index is 2.61. The first-order valence-electron chi connectivity index (χ1n) is 3.74. The molecule has 0 bridgehead atoms. The van der Waals surface area contributed by atoms with Gasteiger partial charge >= 0.3 is 6.18 Å². The van der Waals surface area contributed by atoms with Crippen molar-refractivity contribution in [1.29, 1.82) is 0 Å². The van der Waals surface area contributed by atoms with Crippen LogP contribution in [0.25, 0.3) is 11.3 Å². The molecule has 0 fully saturated rings. The van der Waals surface area contributed by atoms with Gasteiger partial charge in [-0.1, -0.05) is 11.6 Å². The standard InChI is InChI=1S/C9H4ClF3O/c10-6-3-1-5-2-4-7(9(11,12)13)14-8(5)6/h1-4H. The molecule has 0 atom stereocenters. The van der Waals surface area contributed by atoms with Gasteiger partial charge in [-0.25, -0.2) is 0 Å². The number of halogens is 4. The molecule has 0 aromatic rings. The summed E-state index contributed by atoms with van der Waals surface area (Å²) in [7, 11) is 0. The monoisotopic (exact) mass is 220 g/mol. The van der Waals surface area contributed by atoms with Crippen LogP contribution >= 0.6 is 11.6 Å². The van der Waals surface area contributed by atoms with E-state index >= 15 is 0 Å². The lowest BCUT2D eigenvalue weighted by molar-refractivity contribution is -0.153. The lowest BCUT2D eigenvalue weighted by atomic mass is 10.2. The van der Waals surface area contributed by atoms with Crippen LogP contribution in [0, 0.1) is 0 Å². The van der Waals surface area contributed by atoms with E-state index in [1.165, 1.54) is 12.1 Å². The maximum Gasteiger partial charge on any atom is 0.449 e. The predicted octanol–water partition coefficient (Wildman–Crippen LogP) is 4.06. The highest BCUT2D eigenvalue weighted by Gasteiger charge is 2.34. The van der Waals surface area contributed by atoms with Gasteiger partial charge in [0.2, 0.25) is 5.76 Å². The van der Waals surface area contributed by atoms with Crippen LogP contribution in [-0.2, 0) is 6.18 Å². The van der Waals surface area contributed by atoms with Crippen LogP contribution in [0.1, 0.15) is 5.76 Å². The molecule has 14 heavy (non-hydrogen) atoms. The number of fused-ring (bicyclic) bond motifs is 1.